The fourth-order valence-electron chi connectivity index (χ4n) is 1.80. The van der Waals surface area contributed by atoms with Crippen LogP contribution >= 0.6 is 11.3 Å². The van der Waals surface area contributed by atoms with Crippen LogP contribution in [0, 0.1) is 0 Å². The second-order valence-corrected chi connectivity index (χ2v) is 5.36. The van der Waals surface area contributed by atoms with Crippen LogP contribution in [0.25, 0.3) is 10.2 Å². The minimum Gasteiger partial charge on any atom is -0.477 e. The molecule has 0 aliphatic heterocycles. The van der Waals surface area contributed by atoms with Crippen molar-refractivity contribution >= 4 is 27.5 Å². The summed E-state index contributed by atoms with van der Waals surface area (Å²) in [6.07, 6.45) is 0. The third-order valence-electron chi connectivity index (χ3n) is 2.65. The first kappa shape index (κ1) is 13.3. The zero-order valence-electron chi connectivity index (χ0n) is 10.5. The van der Waals surface area contributed by atoms with E-state index in [2.05, 4.69) is 6.58 Å². The zero-order valence-corrected chi connectivity index (χ0v) is 11.3. The molecule has 0 fully saturated rings. The molecule has 0 saturated carbocycles. The third kappa shape index (κ3) is 2.12. The Morgan fingerprint density at radius 3 is 2.63 bits per heavy atom. The summed E-state index contributed by atoms with van der Waals surface area (Å²) in [6, 6.07) is 1.30. The summed E-state index contributed by atoms with van der Waals surface area (Å²) < 4.78 is 2.35. The molecule has 100 valence electrons. The van der Waals surface area contributed by atoms with Crippen molar-refractivity contribution in [2.75, 3.05) is 0 Å². The molecule has 7 heteroatoms. The van der Waals surface area contributed by atoms with E-state index in [9.17, 15) is 14.4 Å². The van der Waals surface area contributed by atoms with Gasteiger partial charge in [-0.25, -0.2) is 9.59 Å². The molecule has 0 atom stereocenters. The van der Waals surface area contributed by atoms with E-state index in [1.807, 2.05) is 0 Å². The van der Waals surface area contributed by atoms with Crippen LogP contribution in [0.1, 0.15) is 16.6 Å². The SMILES string of the molecule is C=C(C)Cn1c(=O)c2cc(C(=O)O)sc2n(C)c1=O. The first-order valence-corrected chi connectivity index (χ1v) is 6.25. The van der Waals surface area contributed by atoms with Crippen LogP contribution in [0.5, 0.6) is 0 Å². The van der Waals surface area contributed by atoms with E-state index in [1.165, 1.54) is 17.7 Å². The smallest absolute Gasteiger partial charge is 0.345 e. The van der Waals surface area contributed by atoms with Gasteiger partial charge in [0.1, 0.15) is 9.71 Å². The molecule has 19 heavy (non-hydrogen) atoms. The van der Waals surface area contributed by atoms with E-state index in [0.717, 1.165) is 15.9 Å². The van der Waals surface area contributed by atoms with Gasteiger partial charge in [0.25, 0.3) is 5.56 Å². The van der Waals surface area contributed by atoms with Crippen molar-refractivity contribution < 1.29 is 9.90 Å². The van der Waals surface area contributed by atoms with E-state index in [0.29, 0.717) is 10.4 Å². The lowest BCUT2D eigenvalue weighted by Crippen LogP contribution is -2.38. The molecular formula is C12H12N2O4S. The number of aromatic nitrogens is 2. The maximum atomic E-state index is 12.2. The Labute approximate surface area is 111 Å². The minimum absolute atomic E-state index is 0.0372. The number of aryl methyl sites for hydroxylation is 1. The first-order valence-electron chi connectivity index (χ1n) is 5.44. The Bertz CT molecular complexity index is 809. The first-order chi connectivity index (χ1) is 8.82. The molecule has 0 saturated heterocycles. The van der Waals surface area contributed by atoms with E-state index in [-0.39, 0.29) is 16.8 Å². The predicted molar refractivity (Wildman–Crippen MR) is 73.1 cm³/mol. The summed E-state index contributed by atoms with van der Waals surface area (Å²) in [5.41, 5.74) is -0.281. The molecule has 0 bridgehead atoms. The van der Waals surface area contributed by atoms with Crippen LogP contribution in [0.4, 0.5) is 0 Å². The number of allylic oxidation sites excluding steroid dienone is 1. The monoisotopic (exact) mass is 280 g/mol. The lowest BCUT2D eigenvalue weighted by molar-refractivity contribution is 0.0702. The number of carboxylic acid groups (broad SMARTS) is 1. The van der Waals surface area contributed by atoms with E-state index < -0.39 is 17.2 Å². The molecule has 0 radical (unpaired) electrons. The molecule has 0 spiro atoms. The normalized spacial score (nSPS) is 10.8. The Hall–Kier alpha value is -2.15. The van der Waals surface area contributed by atoms with Crippen LogP contribution in [0.2, 0.25) is 0 Å². The van der Waals surface area contributed by atoms with Crippen molar-refractivity contribution in [3.8, 4) is 0 Å². The Morgan fingerprint density at radius 2 is 2.11 bits per heavy atom. The summed E-state index contributed by atoms with van der Waals surface area (Å²) in [6.45, 7) is 5.52. The minimum atomic E-state index is -1.11. The molecule has 2 aromatic heterocycles. The van der Waals surface area contributed by atoms with Crippen molar-refractivity contribution in [1.82, 2.24) is 9.13 Å². The molecule has 2 aromatic rings. The Morgan fingerprint density at radius 1 is 1.47 bits per heavy atom. The number of rotatable bonds is 3. The van der Waals surface area contributed by atoms with Gasteiger partial charge in [-0.2, -0.15) is 0 Å². The molecular weight excluding hydrogens is 268 g/mol. The predicted octanol–water partition coefficient (Wildman–Crippen LogP) is 1.04. The highest BCUT2D eigenvalue weighted by Crippen LogP contribution is 2.21. The van der Waals surface area contributed by atoms with Crippen LogP contribution in [-0.2, 0) is 13.6 Å². The van der Waals surface area contributed by atoms with E-state index in [1.54, 1.807) is 6.92 Å². The standard InChI is InChI=1S/C12H12N2O4S/c1-6(2)5-14-9(15)7-4-8(11(16)17)19-10(7)13(3)12(14)18/h4H,1,5H2,2-3H3,(H,16,17). The second-order valence-electron chi connectivity index (χ2n) is 4.32. The molecule has 0 unspecified atom stereocenters. The Balaban J connectivity index is 2.88. The number of hydrogen-bond acceptors (Lipinski definition) is 4. The molecule has 0 amide bonds. The summed E-state index contributed by atoms with van der Waals surface area (Å²) >= 11 is 0.916. The van der Waals surface area contributed by atoms with E-state index >= 15 is 0 Å². The van der Waals surface area contributed by atoms with Crippen molar-refractivity contribution in [3.05, 3.63) is 43.9 Å². The summed E-state index contributed by atoms with van der Waals surface area (Å²) in [7, 11) is 1.52. The highest BCUT2D eigenvalue weighted by Gasteiger charge is 2.16. The van der Waals surface area contributed by atoms with Crippen molar-refractivity contribution in [2.45, 2.75) is 13.5 Å². The lowest BCUT2D eigenvalue weighted by Gasteiger charge is -2.07. The van der Waals surface area contributed by atoms with E-state index in [4.69, 9.17) is 5.11 Å². The highest BCUT2D eigenvalue weighted by molar-refractivity contribution is 7.20. The molecule has 2 rings (SSSR count). The third-order valence-corrected chi connectivity index (χ3v) is 3.85. The van der Waals surface area contributed by atoms with Gasteiger partial charge in [0.2, 0.25) is 0 Å². The number of fused-ring (bicyclic) bond motifs is 1. The number of carbonyl (C=O) groups is 1. The van der Waals surface area contributed by atoms with Gasteiger partial charge in [0.15, 0.2) is 0 Å². The summed E-state index contributed by atoms with van der Waals surface area (Å²) in [5.74, 6) is -1.11. The molecule has 0 aliphatic carbocycles. The number of thiophene rings is 1. The topological polar surface area (TPSA) is 81.3 Å². The van der Waals surface area contributed by atoms with Gasteiger partial charge in [0.05, 0.1) is 11.9 Å². The van der Waals surface area contributed by atoms with Crippen LogP contribution in [0.3, 0.4) is 0 Å². The van der Waals surface area contributed by atoms with Gasteiger partial charge >= 0.3 is 11.7 Å². The number of aromatic carboxylic acids is 1. The van der Waals surface area contributed by atoms with Gasteiger partial charge in [0, 0.05) is 7.05 Å². The fraction of sp³-hybridized carbons (Fsp3) is 0.250. The number of carboxylic acids is 1. The van der Waals surface area contributed by atoms with Gasteiger partial charge in [-0.15, -0.1) is 11.3 Å². The zero-order chi connectivity index (χ0) is 14.3. The fourth-order valence-corrected chi connectivity index (χ4v) is 2.74. The van der Waals surface area contributed by atoms with Gasteiger partial charge < -0.3 is 5.11 Å². The average molecular weight is 280 g/mol. The van der Waals surface area contributed by atoms with Gasteiger partial charge in [-0.1, -0.05) is 12.2 Å². The number of hydrogen-bond donors (Lipinski definition) is 1. The average Bonchev–Trinajstić information content (AvgIpc) is 2.77. The maximum Gasteiger partial charge on any atom is 0.345 e. The Kier molecular flexibility index (Phi) is 3.15. The van der Waals surface area contributed by atoms with Crippen molar-refractivity contribution in [1.29, 1.82) is 0 Å². The quantitative estimate of drug-likeness (QED) is 0.852. The highest BCUT2D eigenvalue weighted by atomic mass is 32.1. The second kappa shape index (κ2) is 4.51. The van der Waals surface area contributed by atoms with Crippen LogP contribution in [-0.4, -0.2) is 20.2 Å². The van der Waals surface area contributed by atoms with Crippen LogP contribution < -0.4 is 11.2 Å². The van der Waals surface area contributed by atoms with Gasteiger partial charge in [-0.3, -0.25) is 13.9 Å². The largest absolute Gasteiger partial charge is 0.477 e. The molecule has 1 N–H and O–H groups in total. The van der Waals surface area contributed by atoms with Crippen LogP contribution in [0.15, 0.2) is 27.8 Å². The molecule has 0 aromatic carbocycles. The lowest BCUT2D eigenvalue weighted by atomic mass is 10.3. The summed E-state index contributed by atoms with van der Waals surface area (Å²) in [4.78, 5) is 35.6. The number of nitrogens with zero attached hydrogens (tertiary/aromatic N) is 2. The van der Waals surface area contributed by atoms with Crippen molar-refractivity contribution in [2.24, 2.45) is 7.05 Å². The molecule has 0 aliphatic rings. The van der Waals surface area contributed by atoms with Gasteiger partial charge in [-0.05, 0) is 13.0 Å². The molecule has 6 nitrogen and oxygen atoms in total. The summed E-state index contributed by atoms with van der Waals surface area (Å²) in [5, 5.41) is 9.19. The van der Waals surface area contributed by atoms with Crippen molar-refractivity contribution in [3.63, 3.8) is 0 Å². The maximum absolute atomic E-state index is 12.2. The molecule has 2 heterocycles.